The minimum absolute atomic E-state index is 0.530. The van der Waals surface area contributed by atoms with Crippen LogP contribution in [0.2, 0.25) is 0 Å². The van der Waals surface area contributed by atoms with Crippen molar-refractivity contribution in [3.63, 3.8) is 0 Å². The zero-order valence-corrected chi connectivity index (χ0v) is 9.38. The normalized spacial score (nSPS) is 18.7. The fourth-order valence-corrected chi connectivity index (χ4v) is 2.31. The molecular weight excluding hydrogens is 198 g/mol. The van der Waals surface area contributed by atoms with Crippen LogP contribution in [0.1, 0.15) is 24.6 Å². The van der Waals surface area contributed by atoms with Crippen LogP contribution in [-0.4, -0.2) is 34.2 Å². The maximum Gasteiger partial charge on any atom is 0.190 e. The molecule has 1 saturated heterocycles. The third-order valence-corrected chi connectivity index (χ3v) is 3.36. The Kier molecular flexibility index (Phi) is 3.08. The first-order valence-corrected chi connectivity index (χ1v) is 6.06. The van der Waals surface area contributed by atoms with Crippen molar-refractivity contribution >= 4 is 11.8 Å². The third kappa shape index (κ3) is 1.79. The fraction of sp³-hybridized carbons (Fsp3) is 0.778. The predicted molar refractivity (Wildman–Crippen MR) is 55.6 cm³/mol. The minimum Gasteiger partial charge on any atom is -0.381 e. The SMILES string of the molecule is CSc1nnc(C2CCOCC2)n1C. The van der Waals surface area contributed by atoms with Crippen molar-refractivity contribution in [3.8, 4) is 0 Å². The van der Waals surface area contributed by atoms with E-state index >= 15 is 0 Å². The van der Waals surface area contributed by atoms with Gasteiger partial charge in [0, 0.05) is 26.2 Å². The standard InChI is InChI=1S/C9H15N3OS/c1-12-8(10-11-9(12)14-2)7-3-5-13-6-4-7/h7H,3-6H2,1-2H3. The molecule has 2 rings (SSSR count). The Balaban J connectivity index is 2.18. The number of ether oxygens (including phenoxy) is 1. The lowest BCUT2D eigenvalue weighted by molar-refractivity contribution is 0.0828. The molecule has 0 N–H and O–H groups in total. The second kappa shape index (κ2) is 4.31. The topological polar surface area (TPSA) is 39.9 Å². The highest BCUT2D eigenvalue weighted by Gasteiger charge is 2.21. The summed E-state index contributed by atoms with van der Waals surface area (Å²) in [6.07, 6.45) is 4.17. The summed E-state index contributed by atoms with van der Waals surface area (Å²) < 4.78 is 7.43. The van der Waals surface area contributed by atoms with Gasteiger partial charge < -0.3 is 9.30 Å². The molecule has 0 saturated carbocycles. The molecular formula is C9H15N3OS. The zero-order valence-electron chi connectivity index (χ0n) is 8.56. The smallest absolute Gasteiger partial charge is 0.190 e. The molecule has 1 aromatic rings. The average molecular weight is 213 g/mol. The Morgan fingerprint density at radius 2 is 2.07 bits per heavy atom. The molecule has 14 heavy (non-hydrogen) atoms. The van der Waals surface area contributed by atoms with E-state index < -0.39 is 0 Å². The van der Waals surface area contributed by atoms with E-state index in [2.05, 4.69) is 14.8 Å². The third-order valence-electron chi connectivity index (χ3n) is 2.64. The summed E-state index contributed by atoms with van der Waals surface area (Å²) in [6.45, 7) is 1.71. The van der Waals surface area contributed by atoms with Crippen molar-refractivity contribution in [3.05, 3.63) is 5.82 Å². The van der Waals surface area contributed by atoms with Crippen molar-refractivity contribution in [2.75, 3.05) is 19.5 Å². The van der Waals surface area contributed by atoms with Gasteiger partial charge in [0.15, 0.2) is 5.16 Å². The summed E-state index contributed by atoms with van der Waals surface area (Å²) in [7, 11) is 2.04. The van der Waals surface area contributed by atoms with Crippen LogP contribution in [0.25, 0.3) is 0 Å². The number of aromatic nitrogens is 3. The van der Waals surface area contributed by atoms with E-state index in [0.717, 1.165) is 37.0 Å². The van der Waals surface area contributed by atoms with Crippen LogP contribution < -0.4 is 0 Å². The Bertz CT molecular complexity index is 307. The Morgan fingerprint density at radius 1 is 1.36 bits per heavy atom. The Labute approximate surface area is 88.0 Å². The second-order valence-electron chi connectivity index (χ2n) is 3.49. The first-order chi connectivity index (χ1) is 6.83. The highest BCUT2D eigenvalue weighted by molar-refractivity contribution is 7.98. The molecule has 0 radical (unpaired) electrons. The molecule has 1 aliphatic rings. The maximum atomic E-state index is 5.33. The highest BCUT2D eigenvalue weighted by atomic mass is 32.2. The van der Waals surface area contributed by atoms with Crippen LogP contribution in [0.4, 0.5) is 0 Å². The largest absolute Gasteiger partial charge is 0.381 e. The van der Waals surface area contributed by atoms with Crippen LogP contribution in [0.15, 0.2) is 5.16 Å². The lowest BCUT2D eigenvalue weighted by Gasteiger charge is -2.20. The lowest BCUT2D eigenvalue weighted by Crippen LogP contribution is -2.17. The average Bonchev–Trinajstić information content (AvgIpc) is 2.61. The van der Waals surface area contributed by atoms with Crippen LogP contribution in [-0.2, 0) is 11.8 Å². The molecule has 5 heteroatoms. The van der Waals surface area contributed by atoms with Gasteiger partial charge >= 0.3 is 0 Å². The number of rotatable bonds is 2. The van der Waals surface area contributed by atoms with Crippen molar-refractivity contribution < 1.29 is 4.74 Å². The molecule has 0 amide bonds. The highest BCUT2D eigenvalue weighted by Crippen LogP contribution is 2.26. The van der Waals surface area contributed by atoms with Crippen molar-refractivity contribution in [1.82, 2.24) is 14.8 Å². The van der Waals surface area contributed by atoms with E-state index in [1.54, 1.807) is 11.8 Å². The molecule has 0 unspecified atom stereocenters. The summed E-state index contributed by atoms with van der Waals surface area (Å²) >= 11 is 1.64. The van der Waals surface area contributed by atoms with Gasteiger partial charge in [-0.05, 0) is 19.1 Å². The molecule has 0 aromatic carbocycles. The zero-order chi connectivity index (χ0) is 9.97. The van der Waals surface area contributed by atoms with Crippen LogP contribution in [0.3, 0.4) is 0 Å². The van der Waals surface area contributed by atoms with E-state index in [-0.39, 0.29) is 0 Å². The molecule has 0 atom stereocenters. The van der Waals surface area contributed by atoms with Gasteiger partial charge in [0.25, 0.3) is 0 Å². The van der Waals surface area contributed by atoms with Crippen LogP contribution >= 0.6 is 11.8 Å². The second-order valence-corrected chi connectivity index (χ2v) is 4.26. The lowest BCUT2D eigenvalue weighted by atomic mass is 10.00. The van der Waals surface area contributed by atoms with Gasteiger partial charge in [-0.3, -0.25) is 0 Å². The Morgan fingerprint density at radius 3 is 2.64 bits per heavy atom. The Hall–Kier alpha value is -0.550. The number of hydrogen-bond acceptors (Lipinski definition) is 4. The first kappa shape index (κ1) is 9.98. The molecule has 1 fully saturated rings. The molecule has 0 spiro atoms. The summed E-state index contributed by atoms with van der Waals surface area (Å²) in [5, 5.41) is 9.38. The van der Waals surface area contributed by atoms with Gasteiger partial charge in [0.1, 0.15) is 5.82 Å². The van der Waals surface area contributed by atoms with Gasteiger partial charge in [0.05, 0.1) is 0 Å². The monoisotopic (exact) mass is 213 g/mol. The number of hydrogen-bond donors (Lipinski definition) is 0. The minimum atomic E-state index is 0.530. The molecule has 1 aliphatic heterocycles. The number of nitrogens with zero attached hydrogens (tertiary/aromatic N) is 3. The fourth-order valence-electron chi connectivity index (χ4n) is 1.82. The molecule has 4 nitrogen and oxygen atoms in total. The van der Waals surface area contributed by atoms with Crippen LogP contribution in [0, 0.1) is 0 Å². The van der Waals surface area contributed by atoms with Gasteiger partial charge in [-0.1, -0.05) is 11.8 Å². The van der Waals surface area contributed by atoms with E-state index in [4.69, 9.17) is 4.74 Å². The molecule has 1 aromatic heterocycles. The van der Waals surface area contributed by atoms with Crippen molar-refractivity contribution in [2.45, 2.75) is 23.9 Å². The van der Waals surface area contributed by atoms with Crippen molar-refractivity contribution in [2.24, 2.45) is 7.05 Å². The summed E-state index contributed by atoms with van der Waals surface area (Å²) in [5.74, 6) is 1.64. The van der Waals surface area contributed by atoms with Gasteiger partial charge in [0.2, 0.25) is 0 Å². The van der Waals surface area contributed by atoms with E-state index in [0.29, 0.717) is 5.92 Å². The van der Waals surface area contributed by atoms with E-state index in [1.807, 2.05) is 13.3 Å². The van der Waals surface area contributed by atoms with Gasteiger partial charge in [-0.25, -0.2) is 0 Å². The van der Waals surface area contributed by atoms with Gasteiger partial charge in [-0.15, -0.1) is 10.2 Å². The van der Waals surface area contributed by atoms with Crippen molar-refractivity contribution in [1.29, 1.82) is 0 Å². The predicted octanol–water partition coefficient (Wildman–Crippen LogP) is 1.43. The number of thioether (sulfide) groups is 1. The quantitative estimate of drug-likeness (QED) is 0.697. The molecule has 0 bridgehead atoms. The molecule has 0 aliphatic carbocycles. The summed E-state index contributed by atoms with van der Waals surface area (Å²) in [5.41, 5.74) is 0. The molecule has 78 valence electrons. The van der Waals surface area contributed by atoms with Gasteiger partial charge in [-0.2, -0.15) is 0 Å². The van der Waals surface area contributed by atoms with Crippen LogP contribution in [0.5, 0.6) is 0 Å². The first-order valence-electron chi connectivity index (χ1n) is 4.84. The van der Waals surface area contributed by atoms with E-state index in [9.17, 15) is 0 Å². The summed E-state index contributed by atoms with van der Waals surface area (Å²) in [4.78, 5) is 0. The maximum absolute atomic E-state index is 5.33. The summed E-state index contributed by atoms with van der Waals surface area (Å²) in [6, 6.07) is 0. The molecule has 2 heterocycles. The van der Waals surface area contributed by atoms with E-state index in [1.165, 1.54) is 0 Å².